The fourth-order valence-corrected chi connectivity index (χ4v) is 3.06. The second-order valence-electron chi connectivity index (χ2n) is 8.12. The third-order valence-electron chi connectivity index (χ3n) is 4.48. The first-order valence-corrected chi connectivity index (χ1v) is 10.2. The number of nitrogens with one attached hydrogen (secondary N) is 1. The molecular formula is C25H27N3O4. The van der Waals surface area contributed by atoms with Crippen molar-refractivity contribution in [1.29, 1.82) is 0 Å². The zero-order valence-electron chi connectivity index (χ0n) is 18.6. The number of amides is 1. The normalized spacial score (nSPS) is 12.4. The second kappa shape index (κ2) is 9.96. The number of ether oxygens (including phenoxy) is 2. The van der Waals surface area contributed by atoms with Crippen LogP contribution in [0.4, 0.5) is 0 Å². The number of benzene rings is 2. The maximum Gasteiger partial charge on any atom is 0.333 e. The molecule has 0 spiro atoms. The molecule has 2 aromatic carbocycles. The minimum absolute atomic E-state index is 0.414. The van der Waals surface area contributed by atoms with Gasteiger partial charge in [0.05, 0.1) is 19.1 Å². The summed E-state index contributed by atoms with van der Waals surface area (Å²) in [5.41, 5.74) is 1.59. The van der Waals surface area contributed by atoms with Crippen molar-refractivity contribution in [2.75, 3.05) is 7.11 Å². The van der Waals surface area contributed by atoms with Gasteiger partial charge in [0.2, 0.25) is 5.91 Å². The van der Waals surface area contributed by atoms with E-state index < -0.39 is 23.5 Å². The number of hydrogen-bond acceptors (Lipinski definition) is 5. The van der Waals surface area contributed by atoms with Gasteiger partial charge in [-0.15, -0.1) is 0 Å². The third-order valence-corrected chi connectivity index (χ3v) is 4.48. The van der Waals surface area contributed by atoms with Crippen LogP contribution < -0.4 is 10.1 Å². The summed E-state index contributed by atoms with van der Waals surface area (Å²) >= 11 is 0. The van der Waals surface area contributed by atoms with Gasteiger partial charge in [-0.1, -0.05) is 36.4 Å². The minimum Gasteiger partial charge on any atom is -0.495 e. The highest BCUT2D eigenvalue weighted by Gasteiger charge is 2.27. The molecule has 166 valence electrons. The van der Waals surface area contributed by atoms with Crippen LogP contribution in [0.1, 0.15) is 37.9 Å². The summed E-state index contributed by atoms with van der Waals surface area (Å²) < 4.78 is 12.8. The van der Waals surface area contributed by atoms with Gasteiger partial charge >= 0.3 is 5.97 Å². The largest absolute Gasteiger partial charge is 0.495 e. The first-order valence-electron chi connectivity index (χ1n) is 10.2. The smallest absolute Gasteiger partial charge is 0.333 e. The van der Waals surface area contributed by atoms with Crippen molar-refractivity contribution in [2.24, 2.45) is 0 Å². The molecule has 1 N–H and O–H groups in total. The number of imidazole rings is 1. The van der Waals surface area contributed by atoms with Crippen molar-refractivity contribution < 1.29 is 19.1 Å². The first-order chi connectivity index (χ1) is 15.3. The van der Waals surface area contributed by atoms with Crippen LogP contribution in [-0.4, -0.2) is 34.1 Å². The van der Waals surface area contributed by atoms with E-state index in [0.717, 1.165) is 11.3 Å². The van der Waals surface area contributed by atoms with Crippen molar-refractivity contribution in [3.8, 4) is 11.4 Å². The van der Waals surface area contributed by atoms with Crippen LogP contribution >= 0.6 is 0 Å². The van der Waals surface area contributed by atoms with Crippen LogP contribution in [0.15, 0.2) is 73.3 Å². The molecule has 3 rings (SSSR count). The van der Waals surface area contributed by atoms with E-state index in [0.29, 0.717) is 11.3 Å². The Morgan fingerprint density at radius 3 is 2.50 bits per heavy atom. The molecule has 1 aromatic heterocycles. The molecule has 0 saturated heterocycles. The van der Waals surface area contributed by atoms with Crippen molar-refractivity contribution >= 4 is 18.0 Å². The van der Waals surface area contributed by atoms with Gasteiger partial charge in [0, 0.05) is 18.5 Å². The Balaban J connectivity index is 1.76. The highest BCUT2D eigenvalue weighted by Crippen LogP contribution is 2.25. The molecular weight excluding hydrogens is 406 g/mol. The summed E-state index contributed by atoms with van der Waals surface area (Å²) in [4.78, 5) is 29.4. The molecule has 7 heteroatoms. The van der Waals surface area contributed by atoms with E-state index in [1.807, 2.05) is 47.2 Å². The Labute approximate surface area is 187 Å². The highest BCUT2D eigenvalue weighted by atomic mass is 16.6. The molecule has 1 unspecified atom stereocenters. The second-order valence-corrected chi connectivity index (χ2v) is 8.12. The van der Waals surface area contributed by atoms with Gasteiger partial charge in [-0.3, -0.25) is 4.79 Å². The van der Waals surface area contributed by atoms with Gasteiger partial charge < -0.3 is 19.4 Å². The molecule has 7 nitrogen and oxygen atoms in total. The summed E-state index contributed by atoms with van der Waals surface area (Å²) in [5.74, 6) is -0.291. The monoisotopic (exact) mass is 433 g/mol. The lowest BCUT2D eigenvalue weighted by atomic mass is 10.1. The fraction of sp³-hybridized carbons (Fsp3) is 0.240. The fourth-order valence-electron chi connectivity index (χ4n) is 3.06. The Morgan fingerprint density at radius 2 is 1.88 bits per heavy atom. The minimum atomic E-state index is -0.911. The zero-order valence-corrected chi connectivity index (χ0v) is 18.6. The molecule has 0 aliphatic carbocycles. The van der Waals surface area contributed by atoms with E-state index in [1.165, 1.54) is 6.08 Å². The Hall–Kier alpha value is -3.87. The van der Waals surface area contributed by atoms with Crippen LogP contribution in [0.5, 0.6) is 5.75 Å². The Kier molecular flexibility index (Phi) is 7.10. The van der Waals surface area contributed by atoms with Crippen molar-refractivity contribution in [1.82, 2.24) is 14.9 Å². The van der Waals surface area contributed by atoms with Crippen molar-refractivity contribution in [3.63, 3.8) is 0 Å². The quantitative estimate of drug-likeness (QED) is 0.448. The number of nitrogens with zero attached hydrogens (tertiary/aromatic N) is 2. The van der Waals surface area contributed by atoms with Gasteiger partial charge in [0.15, 0.2) is 6.04 Å². The van der Waals surface area contributed by atoms with Gasteiger partial charge in [-0.25, -0.2) is 9.78 Å². The molecule has 0 aliphatic rings. The molecule has 0 radical (unpaired) electrons. The van der Waals surface area contributed by atoms with E-state index in [-0.39, 0.29) is 0 Å². The molecule has 0 saturated carbocycles. The predicted octanol–water partition coefficient (Wildman–Crippen LogP) is 4.09. The maximum absolute atomic E-state index is 12.7. The number of methoxy groups -OCH3 is 1. The van der Waals surface area contributed by atoms with Crippen LogP contribution in [0, 0.1) is 0 Å². The third kappa shape index (κ3) is 6.07. The van der Waals surface area contributed by atoms with E-state index in [1.54, 1.807) is 58.6 Å². The molecule has 3 aromatic rings. The average molecular weight is 434 g/mol. The summed E-state index contributed by atoms with van der Waals surface area (Å²) in [5, 5.41) is 2.74. The Bertz CT molecular complexity index is 1080. The zero-order chi connectivity index (χ0) is 23.1. The van der Waals surface area contributed by atoms with Crippen LogP contribution in [0.3, 0.4) is 0 Å². The van der Waals surface area contributed by atoms with Gasteiger partial charge in [0.1, 0.15) is 11.4 Å². The van der Waals surface area contributed by atoms with Crippen LogP contribution in [0.2, 0.25) is 0 Å². The van der Waals surface area contributed by atoms with Crippen molar-refractivity contribution in [3.05, 3.63) is 84.5 Å². The van der Waals surface area contributed by atoms with Gasteiger partial charge in [-0.2, -0.15) is 0 Å². The topological polar surface area (TPSA) is 82.5 Å². The van der Waals surface area contributed by atoms with E-state index >= 15 is 0 Å². The number of aromatic nitrogens is 2. The van der Waals surface area contributed by atoms with Gasteiger partial charge in [-0.05, 0) is 50.1 Å². The molecule has 1 atom stereocenters. The standard InChI is InChI=1S/C25H27N3O4/c1-25(2,3)32-24(30)23(19-8-6-5-7-9-19)27-22(29)13-11-18-10-12-20(21(16-18)31-4)28-15-14-26-17-28/h5-17,23H,1-4H3,(H,27,29)/b13-11+. The lowest BCUT2D eigenvalue weighted by Gasteiger charge is -2.24. The number of carbonyl (C=O) groups excluding carboxylic acids is 2. The van der Waals surface area contributed by atoms with Crippen molar-refractivity contribution in [2.45, 2.75) is 32.4 Å². The summed E-state index contributed by atoms with van der Waals surface area (Å²) in [6.45, 7) is 5.36. The maximum atomic E-state index is 12.7. The summed E-state index contributed by atoms with van der Waals surface area (Å²) in [6.07, 6.45) is 8.23. The van der Waals surface area contributed by atoms with E-state index in [4.69, 9.17) is 9.47 Å². The summed E-state index contributed by atoms with van der Waals surface area (Å²) in [6, 6.07) is 13.7. The summed E-state index contributed by atoms with van der Waals surface area (Å²) in [7, 11) is 1.58. The first kappa shape index (κ1) is 22.8. The molecule has 0 bridgehead atoms. The molecule has 0 fully saturated rings. The molecule has 32 heavy (non-hydrogen) atoms. The number of esters is 1. The average Bonchev–Trinajstić information content (AvgIpc) is 3.30. The SMILES string of the molecule is COc1cc(/C=C/C(=O)NC(C(=O)OC(C)(C)C)c2ccccc2)ccc1-n1ccnc1. The van der Waals surface area contributed by atoms with Crippen LogP contribution in [0.25, 0.3) is 11.8 Å². The number of rotatable bonds is 7. The Morgan fingerprint density at radius 1 is 1.12 bits per heavy atom. The van der Waals surface area contributed by atoms with Gasteiger partial charge in [0.25, 0.3) is 0 Å². The number of carbonyl (C=O) groups is 2. The number of hydrogen-bond donors (Lipinski definition) is 1. The predicted molar refractivity (Wildman–Crippen MR) is 122 cm³/mol. The molecule has 1 heterocycles. The highest BCUT2D eigenvalue weighted by molar-refractivity contribution is 5.95. The molecule has 0 aliphatic heterocycles. The van der Waals surface area contributed by atoms with Crippen LogP contribution in [-0.2, 0) is 14.3 Å². The molecule has 1 amide bonds. The lowest BCUT2D eigenvalue weighted by Crippen LogP contribution is -2.37. The van der Waals surface area contributed by atoms with E-state index in [9.17, 15) is 9.59 Å². The lowest BCUT2D eigenvalue weighted by molar-refractivity contribution is -0.158. The van der Waals surface area contributed by atoms with E-state index in [2.05, 4.69) is 10.3 Å².